The molecule has 0 aromatic carbocycles. The zero-order chi connectivity index (χ0) is 21.2. The second-order valence-electron chi connectivity index (χ2n) is 4.50. The van der Waals surface area contributed by atoms with Crippen LogP contribution in [0.15, 0.2) is 0 Å². The Morgan fingerprint density at radius 1 is 0.556 bits per heavy atom. The molecular weight excluding hydrogens is 576 g/mol. The van der Waals surface area contributed by atoms with Gasteiger partial charge in [-0.1, -0.05) is 20.8 Å². The van der Waals surface area contributed by atoms with E-state index in [-0.39, 0.29) is 21.1 Å². The molecule has 2 aliphatic rings. The molecule has 0 aromatic rings. The molecule has 2 rings (SSSR count). The van der Waals surface area contributed by atoms with Crippen LogP contribution in [0.1, 0.15) is 27.7 Å². The average Bonchev–Trinajstić information content (AvgIpc) is 3.26. The van der Waals surface area contributed by atoms with Gasteiger partial charge in [0.15, 0.2) is 0 Å². The van der Waals surface area contributed by atoms with Gasteiger partial charge in [-0.2, -0.15) is 6.92 Å². The van der Waals surface area contributed by atoms with Gasteiger partial charge in [-0.3, -0.25) is 0 Å². The van der Waals surface area contributed by atoms with Gasteiger partial charge in [0.2, 0.25) is 0 Å². The van der Waals surface area contributed by atoms with Gasteiger partial charge >= 0.3 is 54.1 Å². The van der Waals surface area contributed by atoms with Crippen LogP contribution in [-0.4, -0.2) is 18.5 Å². The molecule has 160 valence electrons. The van der Waals surface area contributed by atoms with Crippen molar-refractivity contribution in [2.75, 3.05) is 18.5 Å². The van der Waals surface area contributed by atoms with E-state index in [1.165, 1.54) is 18.5 Å². The number of halogens is 6. The van der Waals surface area contributed by atoms with E-state index in [0.29, 0.717) is 7.92 Å². The molecule has 0 bridgehead atoms. The summed E-state index contributed by atoms with van der Waals surface area (Å²) in [7, 11) is -10.2. The zero-order valence-electron chi connectivity index (χ0n) is 16.2. The topological polar surface area (TPSA) is 0 Å². The minimum absolute atomic E-state index is 0. The predicted molar refractivity (Wildman–Crippen MR) is 106 cm³/mol. The van der Waals surface area contributed by atoms with E-state index < -0.39 is 7.81 Å². The van der Waals surface area contributed by atoms with Crippen molar-refractivity contribution >= 4 is 15.7 Å². The Hall–Kier alpha value is 1.13. The molecule has 27 heavy (non-hydrogen) atoms. The molecule has 0 N–H and O–H groups in total. The fourth-order valence-electron chi connectivity index (χ4n) is 1.31. The summed E-state index contributed by atoms with van der Waals surface area (Å²) in [5, 5.41) is 0. The van der Waals surface area contributed by atoms with E-state index in [0.717, 1.165) is 0 Å². The smallest absolute Gasteiger partial charge is 0.346 e. The summed E-state index contributed by atoms with van der Waals surface area (Å²) in [5.74, 6) is 0. The minimum atomic E-state index is -10.7. The van der Waals surface area contributed by atoms with Crippen molar-refractivity contribution in [3.05, 3.63) is 71.1 Å². The van der Waals surface area contributed by atoms with Gasteiger partial charge in [0, 0.05) is 0 Å². The van der Waals surface area contributed by atoms with Crippen LogP contribution in [0.3, 0.4) is 0 Å². The fraction of sp³-hybridized carbons (Fsp3) is 0.389. The molecule has 0 amide bonds. The zero-order valence-corrected chi connectivity index (χ0v) is 20.9. The van der Waals surface area contributed by atoms with Crippen molar-refractivity contribution in [2.45, 2.75) is 27.7 Å². The van der Waals surface area contributed by atoms with E-state index in [1.807, 2.05) is 64.2 Å². The summed E-state index contributed by atoms with van der Waals surface area (Å²) in [6.07, 6.45) is 24.3. The third-order valence-electron chi connectivity index (χ3n) is 2.45. The predicted octanol–water partition coefficient (Wildman–Crippen LogP) is 8.79. The Bertz CT molecular complexity index is 242. The van der Waals surface area contributed by atoms with Gasteiger partial charge in [0.05, 0.1) is 0 Å². The summed E-state index contributed by atoms with van der Waals surface area (Å²) >= 11 is 0. The van der Waals surface area contributed by atoms with Crippen LogP contribution >= 0.6 is 15.7 Å². The molecule has 0 unspecified atom stereocenters. The number of hydrogen-bond acceptors (Lipinski definition) is 0. The van der Waals surface area contributed by atoms with Crippen molar-refractivity contribution < 1.29 is 46.2 Å². The van der Waals surface area contributed by atoms with Crippen LogP contribution < -0.4 is 0 Å². The molecule has 9 heteroatoms. The molecule has 0 atom stereocenters. The quantitative estimate of drug-likeness (QED) is 0.171. The second-order valence-corrected chi connectivity index (χ2v) is 9.66. The largest absolute Gasteiger partial charge is 2.00 e. The van der Waals surface area contributed by atoms with E-state index >= 15 is 0 Å². The fourth-order valence-corrected chi connectivity index (χ4v) is 2.65. The van der Waals surface area contributed by atoms with Crippen LogP contribution in [0.4, 0.5) is 25.2 Å². The molecular formula is C18H30F6P2W. The molecule has 0 saturated heterocycles. The Labute approximate surface area is 179 Å². The van der Waals surface area contributed by atoms with Crippen LogP contribution in [0, 0.1) is 71.1 Å². The van der Waals surface area contributed by atoms with Gasteiger partial charge in [-0.25, -0.2) is 0 Å². The van der Waals surface area contributed by atoms with Gasteiger partial charge in [0.25, 0.3) is 0 Å². The minimum Gasteiger partial charge on any atom is -0.346 e. The maximum absolute atomic E-state index is 10.7. The molecule has 2 aliphatic carbocycles. The second kappa shape index (κ2) is 17.9. The molecule has 2 saturated carbocycles. The average molecular weight is 606 g/mol. The van der Waals surface area contributed by atoms with Crippen molar-refractivity contribution in [3.63, 3.8) is 0 Å². The third kappa shape index (κ3) is 58.4. The molecule has 2 fully saturated rings. The Morgan fingerprint density at radius 3 is 0.704 bits per heavy atom. The Kier molecular flexibility index (Phi) is 23.6. The Balaban J connectivity index is -0.000000126. The van der Waals surface area contributed by atoms with Crippen LogP contribution in [0.25, 0.3) is 0 Å². The van der Waals surface area contributed by atoms with Gasteiger partial charge in [-0.15, -0.1) is 7.92 Å². The number of rotatable bonds is 3. The summed E-state index contributed by atoms with van der Waals surface area (Å²) < 4.78 is 59.2. The van der Waals surface area contributed by atoms with Gasteiger partial charge < -0.3 is 6.92 Å². The molecule has 0 nitrogen and oxygen atoms in total. The van der Waals surface area contributed by atoms with E-state index in [2.05, 4.69) is 27.7 Å². The summed E-state index contributed by atoms with van der Waals surface area (Å²) in [6.45, 7) is 11.9. The van der Waals surface area contributed by atoms with E-state index in [9.17, 15) is 25.2 Å². The molecule has 0 heterocycles. The summed E-state index contributed by atoms with van der Waals surface area (Å²) in [4.78, 5) is 0. The van der Waals surface area contributed by atoms with Crippen molar-refractivity contribution in [2.24, 2.45) is 0 Å². The van der Waals surface area contributed by atoms with Crippen molar-refractivity contribution in [3.8, 4) is 0 Å². The summed E-state index contributed by atoms with van der Waals surface area (Å²) in [6, 6.07) is 0. The first-order valence-electron chi connectivity index (χ1n) is 8.12. The van der Waals surface area contributed by atoms with Gasteiger partial charge in [0.1, 0.15) is 0 Å². The third-order valence-corrected chi connectivity index (χ3v) is 5.14. The monoisotopic (exact) mass is 606 g/mol. The summed E-state index contributed by atoms with van der Waals surface area (Å²) in [5.41, 5.74) is 0. The van der Waals surface area contributed by atoms with Gasteiger partial charge in [-0.05, 0) is 82.7 Å². The molecule has 0 spiro atoms. The Morgan fingerprint density at radius 2 is 0.667 bits per heavy atom. The molecule has 0 aromatic heterocycles. The van der Waals surface area contributed by atoms with Crippen LogP contribution in [0.5, 0.6) is 0 Å². The first kappa shape index (κ1) is 35.6. The molecule has 10 radical (unpaired) electrons. The maximum atomic E-state index is 9.87. The van der Waals surface area contributed by atoms with Crippen LogP contribution in [0.2, 0.25) is 0 Å². The van der Waals surface area contributed by atoms with E-state index in [1.54, 1.807) is 6.92 Å². The standard InChI is InChI=1S/C6H15P.2C5H5.C2H5.F6P.W/c1-4-7(5-2)6-3;2*1-2-4-5-3-1;1-2;1-7(2,3,4,5)6;/h4-6H2,1-3H3;2*1-5H;1H2,2H3;;/q;;;2*-1;+2. The van der Waals surface area contributed by atoms with Crippen LogP contribution in [-0.2, 0) is 21.1 Å². The van der Waals surface area contributed by atoms with Crippen molar-refractivity contribution in [1.29, 1.82) is 0 Å². The maximum Gasteiger partial charge on any atom is 2.00 e. The van der Waals surface area contributed by atoms with Crippen molar-refractivity contribution in [1.82, 2.24) is 0 Å². The first-order valence-corrected chi connectivity index (χ1v) is 12.1. The molecule has 0 aliphatic heterocycles. The normalized spacial score (nSPS) is 17.8. The van der Waals surface area contributed by atoms with E-state index in [4.69, 9.17) is 0 Å². The number of hydrogen-bond donors (Lipinski definition) is 0. The SMILES string of the molecule is CCP(CC)CC.F[P-](F)(F)(F)(F)F.[CH2-]C.[CH]1[CH][CH][CH][CH]1.[CH]1[CH][CH][CH][CH]1.[W+2]. The first-order chi connectivity index (χ1) is 11.8.